The van der Waals surface area contributed by atoms with Gasteiger partial charge >= 0.3 is 16.6 Å². The molecule has 1 saturated heterocycles. The SMILES string of the molecule is CC(C)(C)OC(=O)N1C[C@@H](S)C[C@]1(C=O)Nc1cc(N=S(=O)=O)cs1. The third-order valence-electron chi connectivity index (χ3n) is 3.34. The fourth-order valence-corrected chi connectivity index (χ4v) is 4.04. The third kappa shape index (κ3) is 4.95. The summed E-state index contributed by atoms with van der Waals surface area (Å²) in [5.41, 5.74) is -1.77. The van der Waals surface area contributed by atoms with E-state index >= 15 is 0 Å². The fourth-order valence-electron chi connectivity index (χ4n) is 2.46. The molecule has 1 amide bonds. The van der Waals surface area contributed by atoms with Gasteiger partial charge in [-0.25, -0.2) is 4.79 Å². The number of carbonyl (C=O) groups is 2. The highest BCUT2D eigenvalue weighted by molar-refractivity contribution is 7.81. The summed E-state index contributed by atoms with van der Waals surface area (Å²) in [7, 11) is -2.56. The van der Waals surface area contributed by atoms with Crippen LogP contribution in [0.4, 0.5) is 15.5 Å². The molecule has 1 N–H and O–H groups in total. The predicted molar refractivity (Wildman–Crippen MR) is 98.1 cm³/mol. The Morgan fingerprint density at radius 1 is 1.56 bits per heavy atom. The first-order valence-electron chi connectivity index (χ1n) is 7.37. The first kappa shape index (κ1) is 19.7. The molecule has 1 aromatic rings. The van der Waals surface area contributed by atoms with Crippen LogP contribution in [0.15, 0.2) is 15.8 Å². The molecule has 0 aliphatic carbocycles. The average Bonchev–Trinajstić information content (AvgIpc) is 3.01. The molecule has 0 spiro atoms. The number of nitrogens with one attached hydrogen (secondary N) is 1. The summed E-state index contributed by atoms with van der Waals surface area (Å²) >= 11 is 5.58. The van der Waals surface area contributed by atoms with Gasteiger partial charge in [-0.3, -0.25) is 9.69 Å². The maximum atomic E-state index is 12.5. The highest BCUT2D eigenvalue weighted by Crippen LogP contribution is 2.36. The minimum atomic E-state index is -2.56. The highest BCUT2D eigenvalue weighted by Gasteiger charge is 2.49. The van der Waals surface area contributed by atoms with Gasteiger partial charge in [0.2, 0.25) is 0 Å². The summed E-state index contributed by atoms with van der Waals surface area (Å²) in [6.45, 7) is 5.47. The van der Waals surface area contributed by atoms with Crippen LogP contribution in [0.25, 0.3) is 0 Å². The highest BCUT2D eigenvalue weighted by atomic mass is 32.2. The van der Waals surface area contributed by atoms with Gasteiger partial charge in [0.05, 0.1) is 10.7 Å². The molecule has 25 heavy (non-hydrogen) atoms. The van der Waals surface area contributed by atoms with E-state index in [9.17, 15) is 18.0 Å². The Kier molecular flexibility index (Phi) is 5.79. The van der Waals surface area contributed by atoms with Crippen LogP contribution in [-0.4, -0.2) is 48.8 Å². The monoisotopic (exact) mass is 405 g/mol. The number of thiophene rings is 1. The van der Waals surface area contributed by atoms with Gasteiger partial charge in [0.1, 0.15) is 5.60 Å². The van der Waals surface area contributed by atoms with Crippen molar-refractivity contribution in [2.45, 2.75) is 43.7 Å². The summed E-state index contributed by atoms with van der Waals surface area (Å²) in [6.07, 6.45) is 0.317. The summed E-state index contributed by atoms with van der Waals surface area (Å²) in [5.74, 6) is 0. The summed E-state index contributed by atoms with van der Waals surface area (Å²) in [6, 6.07) is 1.49. The maximum absolute atomic E-state index is 12.5. The molecule has 11 heteroatoms. The second-order valence-corrected chi connectivity index (χ2v) is 8.85. The van der Waals surface area contributed by atoms with Crippen LogP contribution in [-0.2, 0) is 20.0 Å². The lowest BCUT2D eigenvalue weighted by molar-refractivity contribution is -0.115. The van der Waals surface area contributed by atoms with E-state index in [1.165, 1.54) is 27.7 Å². The normalized spacial score (nSPS) is 23.2. The Morgan fingerprint density at radius 3 is 2.80 bits per heavy atom. The molecular weight excluding hydrogens is 386 g/mol. The van der Waals surface area contributed by atoms with Gasteiger partial charge in [0.15, 0.2) is 11.9 Å². The molecule has 1 fully saturated rings. The van der Waals surface area contributed by atoms with Crippen LogP contribution in [0.1, 0.15) is 27.2 Å². The minimum Gasteiger partial charge on any atom is -0.444 e. The zero-order valence-corrected chi connectivity index (χ0v) is 16.5. The topological polar surface area (TPSA) is 105 Å². The quantitative estimate of drug-likeness (QED) is 0.589. The Balaban J connectivity index is 2.29. The van der Waals surface area contributed by atoms with Crippen LogP contribution in [0.2, 0.25) is 0 Å². The largest absolute Gasteiger partial charge is 0.444 e. The van der Waals surface area contributed by atoms with Crippen molar-refractivity contribution in [3.63, 3.8) is 0 Å². The molecule has 138 valence electrons. The average molecular weight is 406 g/mol. The van der Waals surface area contributed by atoms with Gasteiger partial charge in [-0.1, -0.05) is 0 Å². The molecule has 1 aliphatic heterocycles. The first-order chi connectivity index (χ1) is 11.5. The van der Waals surface area contributed by atoms with E-state index in [1.54, 1.807) is 20.8 Å². The number of likely N-dealkylation sites (tertiary alicyclic amines) is 1. The van der Waals surface area contributed by atoms with E-state index in [-0.39, 0.29) is 23.9 Å². The Bertz CT molecular complexity index is 791. The molecule has 2 heterocycles. The molecular formula is C14H19N3O5S3. The fraction of sp³-hybridized carbons (Fsp3) is 0.571. The molecule has 0 radical (unpaired) electrons. The van der Waals surface area contributed by atoms with Crippen molar-refractivity contribution in [1.82, 2.24) is 4.90 Å². The predicted octanol–water partition coefficient (Wildman–Crippen LogP) is 2.69. The van der Waals surface area contributed by atoms with Crippen molar-refractivity contribution < 1.29 is 22.7 Å². The number of thiol groups is 1. The molecule has 1 aliphatic rings. The molecule has 0 unspecified atom stereocenters. The smallest absolute Gasteiger partial charge is 0.412 e. The van der Waals surface area contributed by atoms with Crippen molar-refractivity contribution in [2.75, 3.05) is 11.9 Å². The lowest BCUT2D eigenvalue weighted by atomic mass is 10.1. The van der Waals surface area contributed by atoms with Gasteiger partial charge in [0.25, 0.3) is 0 Å². The number of nitrogens with zero attached hydrogens (tertiary/aromatic N) is 2. The Hall–Kier alpha value is -1.59. The standard InChI is InChI=1S/C14H19N3O5S3/c1-13(2,3)22-12(19)17-6-10(23)5-14(17,8-18)15-11-4-9(7-24-11)16-25(20)21/h4,7-8,10,15,23H,5-6H2,1-3H3/t10-,14-/m0/s1. The maximum Gasteiger partial charge on any atom is 0.412 e. The minimum absolute atomic E-state index is 0.205. The van der Waals surface area contributed by atoms with Crippen molar-refractivity contribution in [1.29, 1.82) is 0 Å². The lowest BCUT2D eigenvalue weighted by Crippen LogP contribution is -2.55. The van der Waals surface area contributed by atoms with Gasteiger partial charge in [0, 0.05) is 23.6 Å². The molecule has 0 aromatic carbocycles. The van der Waals surface area contributed by atoms with E-state index in [0.717, 1.165) is 0 Å². The second-order valence-electron chi connectivity index (χ2n) is 6.59. The number of hydrogen-bond acceptors (Lipinski definition) is 9. The van der Waals surface area contributed by atoms with Crippen LogP contribution >= 0.6 is 24.0 Å². The van der Waals surface area contributed by atoms with Crippen LogP contribution in [0.3, 0.4) is 0 Å². The van der Waals surface area contributed by atoms with Crippen molar-refractivity contribution in [3.8, 4) is 0 Å². The number of aldehydes is 1. The lowest BCUT2D eigenvalue weighted by Gasteiger charge is -2.35. The van der Waals surface area contributed by atoms with E-state index in [1.807, 2.05) is 0 Å². The second kappa shape index (κ2) is 7.34. The van der Waals surface area contributed by atoms with E-state index < -0.39 is 27.9 Å². The summed E-state index contributed by atoms with van der Waals surface area (Å²) < 4.78 is 30.1. The molecule has 8 nitrogen and oxygen atoms in total. The van der Waals surface area contributed by atoms with E-state index in [4.69, 9.17) is 4.74 Å². The first-order valence-corrected chi connectivity index (χ1v) is 9.80. The van der Waals surface area contributed by atoms with Crippen molar-refractivity contribution in [2.24, 2.45) is 4.36 Å². The Labute approximate surface area is 156 Å². The number of anilines is 1. The van der Waals surface area contributed by atoms with Gasteiger partial charge < -0.3 is 10.1 Å². The summed E-state index contributed by atoms with van der Waals surface area (Å²) in [5, 5.41) is 4.84. The van der Waals surface area contributed by atoms with E-state index in [2.05, 4.69) is 22.3 Å². The number of rotatable bonds is 4. The molecule has 1 aromatic heterocycles. The third-order valence-corrected chi connectivity index (χ3v) is 4.87. The molecule has 2 atom stereocenters. The number of carbonyl (C=O) groups excluding carboxylic acids is 2. The van der Waals surface area contributed by atoms with Crippen LogP contribution in [0.5, 0.6) is 0 Å². The van der Waals surface area contributed by atoms with Crippen LogP contribution in [0, 0.1) is 0 Å². The zero-order valence-electron chi connectivity index (χ0n) is 13.9. The van der Waals surface area contributed by atoms with Gasteiger partial charge in [-0.2, -0.15) is 21.0 Å². The zero-order chi connectivity index (χ0) is 18.8. The summed E-state index contributed by atoms with van der Waals surface area (Å²) in [4.78, 5) is 25.7. The number of ether oxygens (including phenoxy) is 1. The van der Waals surface area contributed by atoms with Gasteiger partial charge in [-0.15, -0.1) is 15.7 Å². The Morgan fingerprint density at radius 2 is 2.24 bits per heavy atom. The number of amides is 1. The van der Waals surface area contributed by atoms with Crippen molar-refractivity contribution >= 4 is 57.5 Å². The van der Waals surface area contributed by atoms with Crippen LogP contribution < -0.4 is 5.32 Å². The molecule has 2 rings (SSSR count). The van der Waals surface area contributed by atoms with E-state index in [0.29, 0.717) is 11.3 Å². The van der Waals surface area contributed by atoms with Crippen molar-refractivity contribution in [3.05, 3.63) is 11.4 Å². The molecule has 0 bridgehead atoms. The number of hydrogen-bond donors (Lipinski definition) is 2. The molecule has 0 saturated carbocycles. The van der Waals surface area contributed by atoms with Gasteiger partial charge in [-0.05, 0) is 26.8 Å².